The Hall–Kier alpha value is -2.04. The summed E-state index contributed by atoms with van der Waals surface area (Å²) in [5.41, 5.74) is 1.24. The van der Waals surface area contributed by atoms with Gasteiger partial charge in [-0.2, -0.15) is 0 Å². The maximum atomic E-state index is 12.0. The SMILES string of the molecule is COC(=O)[C@@H](NC(=O)N[C@H](C)CCc1ccccc1)C(C)C. The van der Waals surface area contributed by atoms with E-state index < -0.39 is 12.0 Å². The molecule has 22 heavy (non-hydrogen) atoms. The number of carbonyl (C=O) groups is 2. The molecule has 0 saturated carbocycles. The number of carbonyl (C=O) groups excluding carboxylic acids is 2. The highest BCUT2D eigenvalue weighted by molar-refractivity contribution is 5.83. The quantitative estimate of drug-likeness (QED) is 0.761. The second-order valence-electron chi connectivity index (χ2n) is 5.79. The highest BCUT2D eigenvalue weighted by Gasteiger charge is 2.25. The number of methoxy groups -OCH3 is 1. The van der Waals surface area contributed by atoms with Crippen molar-refractivity contribution >= 4 is 12.0 Å². The van der Waals surface area contributed by atoms with Crippen molar-refractivity contribution in [2.75, 3.05) is 7.11 Å². The molecule has 0 aliphatic rings. The first-order valence-electron chi connectivity index (χ1n) is 7.62. The summed E-state index contributed by atoms with van der Waals surface area (Å²) in [6.45, 7) is 5.67. The molecule has 0 bridgehead atoms. The summed E-state index contributed by atoms with van der Waals surface area (Å²) in [6.07, 6.45) is 1.73. The van der Waals surface area contributed by atoms with Gasteiger partial charge >= 0.3 is 12.0 Å². The lowest BCUT2D eigenvalue weighted by Gasteiger charge is -2.22. The number of hydrogen-bond acceptors (Lipinski definition) is 3. The highest BCUT2D eigenvalue weighted by Crippen LogP contribution is 2.06. The van der Waals surface area contributed by atoms with Crippen LogP contribution in [0.25, 0.3) is 0 Å². The molecule has 0 aliphatic heterocycles. The molecule has 0 heterocycles. The van der Waals surface area contributed by atoms with Crippen LogP contribution in [0.4, 0.5) is 4.79 Å². The second-order valence-corrected chi connectivity index (χ2v) is 5.79. The van der Waals surface area contributed by atoms with Crippen molar-refractivity contribution < 1.29 is 14.3 Å². The Morgan fingerprint density at radius 3 is 2.27 bits per heavy atom. The van der Waals surface area contributed by atoms with Gasteiger partial charge in [-0.1, -0.05) is 44.2 Å². The third kappa shape index (κ3) is 6.16. The first-order chi connectivity index (χ1) is 10.4. The molecule has 5 nitrogen and oxygen atoms in total. The van der Waals surface area contributed by atoms with E-state index in [1.165, 1.54) is 12.7 Å². The topological polar surface area (TPSA) is 67.4 Å². The Labute approximate surface area is 132 Å². The van der Waals surface area contributed by atoms with Gasteiger partial charge in [-0.3, -0.25) is 0 Å². The number of urea groups is 1. The van der Waals surface area contributed by atoms with E-state index >= 15 is 0 Å². The van der Waals surface area contributed by atoms with Crippen LogP contribution in [-0.4, -0.2) is 31.2 Å². The third-order valence-corrected chi connectivity index (χ3v) is 3.49. The fourth-order valence-corrected chi connectivity index (χ4v) is 2.13. The average molecular weight is 306 g/mol. The van der Waals surface area contributed by atoms with Gasteiger partial charge in [-0.25, -0.2) is 9.59 Å². The molecule has 2 amide bonds. The highest BCUT2D eigenvalue weighted by atomic mass is 16.5. The van der Waals surface area contributed by atoms with Crippen molar-refractivity contribution in [3.63, 3.8) is 0 Å². The second kappa shape index (κ2) is 9.07. The lowest BCUT2D eigenvalue weighted by molar-refractivity contribution is -0.143. The van der Waals surface area contributed by atoms with Crippen LogP contribution in [0.3, 0.4) is 0 Å². The lowest BCUT2D eigenvalue weighted by Crippen LogP contribution is -2.50. The number of ether oxygens (including phenoxy) is 1. The Balaban J connectivity index is 2.41. The van der Waals surface area contributed by atoms with E-state index in [-0.39, 0.29) is 18.0 Å². The zero-order chi connectivity index (χ0) is 16.5. The Morgan fingerprint density at radius 1 is 1.09 bits per heavy atom. The maximum Gasteiger partial charge on any atom is 0.328 e. The van der Waals surface area contributed by atoms with Gasteiger partial charge in [0, 0.05) is 6.04 Å². The van der Waals surface area contributed by atoms with E-state index in [0.717, 1.165) is 12.8 Å². The molecular weight excluding hydrogens is 280 g/mol. The molecule has 0 aromatic heterocycles. The van der Waals surface area contributed by atoms with E-state index in [9.17, 15) is 9.59 Å². The van der Waals surface area contributed by atoms with Gasteiger partial charge in [0.05, 0.1) is 7.11 Å². The largest absolute Gasteiger partial charge is 0.467 e. The number of amides is 2. The van der Waals surface area contributed by atoms with E-state index in [1.54, 1.807) is 0 Å². The van der Waals surface area contributed by atoms with Crippen molar-refractivity contribution in [2.24, 2.45) is 5.92 Å². The van der Waals surface area contributed by atoms with E-state index in [4.69, 9.17) is 4.74 Å². The van der Waals surface area contributed by atoms with Crippen LogP contribution >= 0.6 is 0 Å². The zero-order valence-corrected chi connectivity index (χ0v) is 13.8. The molecule has 1 aromatic rings. The van der Waals surface area contributed by atoms with Crippen molar-refractivity contribution in [2.45, 2.75) is 45.7 Å². The summed E-state index contributed by atoms with van der Waals surface area (Å²) in [4.78, 5) is 23.6. The minimum atomic E-state index is -0.633. The summed E-state index contributed by atoms with van der Waals surface area (Å²) in [5, 5.41) is 5.53. The van der Waals surface area contributed by atoms with Gasteiger partial charge in [0.2, 0.25) is 0 Å². The number of aryl methyl sites for hydroxylation is 1. The van der Waals surface area contributed by atoms with Crippen molar-refractivity contribution in [3.8, 4) is 0 Å². The monoisotopic (exact) mass is 306 g/mol. The van der Waals surface area contributed by atoms with Crippen LogP contribution in [0.2, 0.25) is 0 Å². The van der Waals surface area contributed by atoms with E-state index in [0.29, 0.717) is 0 Å². The van der Waals surface area contributed by atoms with Crippen molar-refractivity contribution in [3.05, 3.63) is 35.9 Å². The van der Waals surface area contributed by atoms with Gasteiger partial charge in [0.1, 0.15) is 6.04 Å². The normalized spacial score (nSPS) is 13.3. The van der Waals surface area contributed by atoms with Crippen LogP contribution in [0.5, 0.6) is 0 Å². The Morgan fingerprint density at radius 2 is 1.73 bits per heavy atom. The van der Waals surface area contributed by atoms with Gasteiger partial charge in [0.15, 0.2) is 0 Å². The maximum absolute atomic E-state index is 12.0. The summed E-state index contributed by atoms with van der Waals surface area (Å²) in [6, 6.07) is 9.17. The minimum Gasteiger partial charge on any atom is -0.467 e. The van der Waals surface area contributed by atoms with Gasteiger partial charge in [-0.05, 0) is 31.2 Å². The number of esters is 1. The summed E-state index contributed by atoms with van der Waals surface area (Å²) in [7, 11) is 1.32. The molecular formula is C17H26N2O3. The fraction of sp³-hybridized carbons (Fsp3) is 0.529. The van der Waals surface area contributed by atoms with Crippen LogP contribution in [0.1, 0.15) is 32.8 Å². The zero-order valence-electron chi connectivity index (χ0n) is 13.8. The molecule has 0 fully saturated rings. The number of hydrogen-bond donors (Lipinski definition) is 2. The molecule has 0 spiro atoms. The van der Waals surface area contributed by atoms with Crippen molar-refractivity contribution in [1.29, 1.82) is 0 Å². The summed E-state index contributed by atoms with van der Waals surface area (Å²) in [5.74, 6) is -0.458. The van der Waals surface area contributed by atoms with Crippen LogP contribution in [-0.2, 0) is 16.0 Å². The molecule has 0 aliphatic carbocycles. The van der Waals surface area contributed by atoms with Crippen molar-refractivity contribution in [1.82, 2.24) is 10.6 Å². The summed E-state index contributed by atoms with van der Waals surface area (Å²) >= 11 is 0. The Bertz CT molecular complexity index is 474. The molecule has 0 unspecified atom stereocenters. The number of rotatable bonds is 7. The molecule has 122 valence electrons. The smallest absolute Gasteiger partial charge is 0.328 e. The molecule has 2 N–H and O–H groups in total. The summed E-state index contributed by atoms with van der Waals surface area (Å²) < 4.78 is 4.70. The number of benzene rings is 1. The number of nitrogens with one attached hydrogen (secondary N) is 2. The molecule has 1 aromatic carbocycles. The first kappa shape index (κ1) is 18.0. The van der Waals surface area contributed by atoms with Gasteiger partial charge in [-0.15, -0.1) is 0 Å². The predicted octanol–water partition coefficient (Wildman–Crippen LogP) is 2.50. The average Bonchev–Trinajstić information content (AvgIpc) is 2.50. The molecule has 2 atom stereocenters. The molecule has 5 heteroatoms. The fourth-order valence-electron chi connectivity index (χ4n) is 2.13. The standard InChI is InChI=1S/C17H26N2O3/c1-12(2)15(16(20)22-4)19-17(21)18-13(3)10-11-14-8-6-5-7-9-14/h5-9,12-13,15H,10-11H2,1-4H3,(H2,18,19,21)/t13-,15+/m1/s1. The third-order valence-electron chi connectivity index (χ3n) is 3.49. The first-order valence-corrected chi connectivity index (χ1v) is 7.62. The molecule has 0 radical (unpaired) electrons. The Kier molecular flexibility index (Phi) is 7.43. The van der Waals surface area contributed by atoms with Crippen LogP contribution < -0.4 is 10.6 Å². The minimum absolute atomic E-state index is 0.0191. The van der Waals surface area contributed by atoms with Crippen LogP contribution in [0, 0.1) is 5.92 Å². The van der Waals surface area contributed by atoms with Gasteiger partial charge in [0.25, 0.3) is 0 Å². The predicted molar refractivity (Wildman–Crippen MR) is 86.5 cm³/mol. The van der Waals surface area contributed by atoms with Crippen LogP contribution in [0.15, 0.2) is 30.3 Å². The van der Waals surface area contributed by atoms with E-state index in [2.05, 4.69) is 22.8 Å². The molecule has 0 saturated heterocycles. The molecule has 1 rings (SSSR count). The lowest BCUT2D eigenvalue weighted by atomic mass is 10.0. The van der Waals surface area contributed by atoms with Gasteiger partial charge < -0.3 is 15.4 Å². The van der Waals surface area contributed by atoms with E-state index in [1.807, 2.05) is 39.0 Å².